The fourth-order valence-electron chi connectivity index (χ4n) is 2.64. The molecule has 0 radical (unpaired) electrons. The van der Waals surface area contributed by atoms with Gasteiger partial charge in [-0.3, -0.25) is 4.90 Å². The molecule has 1 aliphatic carbocycles. The zero-order chi connectivity index (χ0) is 12.5. The maximum absolute atomic E-state index is 5.26. The van der Waals surface area contributed by atoms with Gasteiger partial charge in [-0.15, -0.1) is 0 Å². The lowest BCUT2D eigenvalue weighted by Crippen LogP contribution is -2.47. The molecule has 2 heterocycles. The summed E-state index contributed by atoms with van der Waals surface area (Å²) in [4.78, 5) is 9.37. The first-order valence-electron chi connectivity index (χ1n) is 6.99. The van der Waals surface area contributed by atoms with Crippen LogP contribution in [0.1, 0.15) is 37.5 Å². The Morgan fingerprint density at radius 1 is 1.28 bits per heavy atom. The third-order valence-corrected chi connectivity index (χ3v) is 4.07. The summed E-state index contributed by atoms with van der Waals surface area (Å²) < 4.78 is 5.26. The van der Waals surface area contributed by atoms with Crippen molar-refractivity contribution in [2.24, 2.45) is 5.92 Å². The van der Waals surface area contributed by atoms with Crippen LogP contribution in [0.5, 0.6) is 0 Å². The molecule has 0 spiro atoms. The van der Waals surface area contributed by atoms with E-state index in [1.165, 1.54) is 32.5 Å². The van der Waals surface area contributed by atoms with Gasteiger partial charge in [0.1, 0.15) is 0 Å². The van der Waals surface area contributed by atoms with E-state index in [1.54, 1.807) is 0 Å². The molecule has 0 bridgehead atoms. The number of nitrogens with zero attached hydrogens (tertiary/aromatic N) is 4. The van der Waals surface area contributed by atoms with E-state index >= 15 is 0 Å². The second-order valence-electron chi connectivity index (χ2n) is 5.64. The molecule has 0 amide bonds. The van der Waals surface area contributed by atoms with Crippen molar-refractivity contribution in [3.05, 3.63) is 11.7 Å². The lowest BCUT2D eigenvalue weighted by atomic mass is 10.2. The van der Waals surface area contributed by atoms with Gasteiger partial charge < -0.3 is 9.42 Å². The summed E-state index contributed by atoms with van der Waals surface area (Å²) in [5.41, 5.74) is 0. The van der Waals surface area contributed by atoms with Crippen molar-refractivity contribution in [1.82, 2.24) is 19.9 Å². The topological polar surface area (TPSA) is 45.4 Å². The van der Waals surface area contributed by atoms with Crippen LogP contribution in [0.25, 0.3) is 0 Å². The van der Waals surface area contributed by atoms with Crippen LogP contribution in [-0.2, 0) is 0 Å². The van der Waals surface area contributed by atoms with Crippen LogP contribution in [-0.4, -0.2) is 52.7 Å². The maximum atomic E-state index is 5.26. The Labute approximate surface area is 108 Å². The van der Waals surface area contributed by atoms with E-state index < -0.39 is 0 Å². The van der Waals surface area contributed by atoms with Crippen LogP contribution in [0.2, 0.25) is 0 Å². The summed E-state index contributed by atoms with van der Waals surface area (Å²) in [5, 5.41) is 3.87. The molecule has 1 atom stereocenters. The van der Waals surface area contributed by atoms with E-state index in [2.05, 4.69) is 26.9 Å². The average molecular weight is 250 g/mol. The fraction of sp³-hybridized carbons (Fsp3) is 0.846. The average Bonchev–Trinajstić information content (AvgIpc) is 3.09. The maximum Gasteiger partial charge on any atom is 0.243 e. The van der Waals surface area contributed by atoms with Gasteiger partial charge in [0.05, 0.1) is 6.04 Å². The predicted octanol–water partition coefficient (Wildman–Crippen LogP) is 1.47. The summed E-state index contributed by atoms with van der Waals surface area (Å²) in [5.74, 6) is 2.47. The third kappa shape index (κ3) is 2.72. The van der Waals surface area contributed by atoms with E-state index in [9.17, 15) is 0 Å². The van der Waals surface area contributed by atoms with Crippen LogP contribution >= 0.6 is 0 Å². The number of aromatic nitrogens is 2. The Kier molecular flexibility index (Phi) is 3.35. The van der Waals surface area contributed by atoms with E-state index in [0.29, 0.717) is 0 Å². The van der Waals surface area contributed by atoms with E-state index in [-0.39, 0.29) is 6.04 Å². The molecule has 1 saturated carbocycles. The van der Waals surface area contributed by atoms with Crippen molar-refractivity contribution in [3.63, 3.8) is 0 Å². The van der Waals surface area contributed by atoms with E-state index in [4.69, 9.17) is 4.52 Å². The molecule has 100 valence electrons. The zero-order valence-corrected chi connectivity index (χ0v) is 11.3. The minimum absolute atomic E-state index is 0.245. The number of hydrogen-bond acceptors (Lipinski definition) is 5. The van der Waals surface area contributed by atoms with Gasteiger partial charge in [0, 0.05) is 32.7 Å². The molecule has 1 aromatic rings. The molecular weight excluding hydrogens is 228 g/mol. The van der Waals surface area contributed by atoms with Gasteiger partial charge in [0.25, 0.3) is 0 Å². The quantitative estimate of drug-likeness (QED) is 0.809. The molecule has 5 nitrogen and oxygen atoms in total. The molecule has 0 unspecified atom stereocenters. The largest absolute Gasteiger partial charge is 0.338 e. The van der Waals surface area contributed by atoms with Gasteiger partial charge in [0.15, 0.2) is 5.82 Å². The molecule has 2 fully saturated rings. The van der Waals surface area contributed by atoms with Gasteiger partial charge in [-0.1, -0.05) is 5.16 Å². The summed E-state index contributed by atoms with van der Waals surface area (Å²) in [6, 6.07) is 0.245. The standard InChI is InChI=1S/C13H22N4O/c1-10(13-14-11(2)15-18-13)17-7-5-16(6-8-17)9-12-3-4-12/h10,12H,3-9H2,1-2H3/t10-/m0/s1. The van der Waals surface area contributed by atoms with Gasteiger partial charge in [-0.25, -0.2) is 0 Å². The third-order valence-electron chi connectivity index (χ3n) is 4.07. The lowest BCUT2D eigenvalue weighted by Gasteiger charge is -2.36. The number of rotatable bonds is 4. The van der Waals surface area contributed by atoms with Crippen molar-refractivity contribution < 1.29 is 4.52 Å². The minimum atomic E-state index is 0.245. The van der Waals surface area contributed by atoms with E-state index in [1.807, 2.05) is 6.92 Å². The Morgan fingerprint density at radius 3 is 2.56 bits per heavy atom. The molecule has 0 N–H and O–H groups in total. The number of hydrogen-bond donors (Lipinski definition) is 0. The highest BCUT2D eigenvalue weighted by molar-refractivity contribution is 4.92. The number of piperazine rings is 1. The smallest absolute Gasteiger partial charge is 0.243 e. The van der Waals surface area contributed by atoms with Crippen molar-refractivity contribution in [2.75, 3.05) is 32.7 Å². The van der Waals surface area contributed by atoms with Crippen LogP contribution in [0, 0.1) is 12.8 Å². The monoisotopic (exact) mass is 250 g/mol. The summed E-state index contributed by atoms with van der Waals surface area (Å²) in [6.07, 6.45) is 2.88. The van der Waals surface area contributed by atoms with Crippen molar-refractivity contribution in [2.45, 2.75) is 32.7 Å². The first-order chi connectivity index (χ1) is 8.72. The molecule has 1 aromatic heterocycles. The molecule has 18 heavy (non-hydrogen) atoms. The van der Waals surface area contributed by atoms with Crippen LogP contribution in [0.15, 0.2) is 4.52 Å². The van der Waals surface area contributed by atoms with Crippen LogP contribution in [0.3, 0.4) is 0 Å². The van der Waals surface area contributed by atoms with Crippen LogP contribution in [0.4, 0.5) is 0 Å². The predicted molar refractivity (Wildman–Crippen MR) is 68.2 cm³/mol. The lowest BCUT2D eigenvalue weighted by molar-refractivity contribution is 0.0859. The molecular formula is C13H22N4O. The Balaban J connectivity index is 1.52. The highest BCUT2D eigenvalue weighted by Crippen LogP contribution is 2.30. The summed E-state index contributed by atoms with van der Waals surface area (Å²) >= 11 is 0. The van der Waals surface area contributed by atoms with Crippen molar-refractivity contribution >= 4 is 0 Å². The van der Waals surface area contributed by atoms with Gasteiger partial charge >= 0.3 is 0 Å². The Hall–Kier alpha value is -0.940. The summed E-state index contributed by atoms with van der Waals surface area (Å²) in [7, 11) is 0. The first kappa shape index (κ1) is 12.1. The highest BCUT2D eigenvalue weighted by Gasteiger charge is 2.29. The second kappa shape index (κ2) is 4.97. The van der Waals surface area contributed by atoms with Gasteiger partial charge in [0.2, 0.25) is 5.89 Å². The minimum Gasteiger partial charge on any atom is -0.338 e. The molecule has 1 saturated heterocycles. The second-order valence-corrected chi connectivity index (χ2v) is 5.64. The van der Waals surface area contributed by atoms with Gasteiger partial charge in [-0.05, 0) is 32.6 Å². The molecule has 5 heteroatoms. The van der Waals surface area contributed by atoms with Crippen LogP contribution < -0.4 is 0 Å². The SMILES string of the molecule is Cc1noc([C@H](C)N2CCN(CC3CC3)CC2)n1. The molecule has 2 aliphatic rings. The van der Waals surface area contributed by atoms with Crippen molar-refractivity contribution in [1.29, 1.82) is 0 Å². The Bertz CT molecular complexity index is 393. The fourth-order valence-corrected chi connectivity index (χ4v) is 2.64. The summed E-state index contributed by atoms with van der Waals surface area (Å²) in [6.45, 7) is 9.89. The molecule has 1 aliphatic heterocycles. The van der Waals surface area contributed by atoms with Gasteiger partial charge in [-0.2, -0.15) is 4.98 Å². The zero-order valence-electron chi connectivity index (χ0n) is 11.3. The number of aryl methyl sites for hydroxylation is 1. The molecule has 0 aromatic carbocycles. The molecule has 3 rings (SSSR count). The highest BCUT2D eigenvalue weighted by atomic mass is 16.5. The van der Waals surface area contributed by atoms with E-state index in [0.717, 1.165) is 30.7 Å². The first-order valence-corrected chi connectivity index (χ1v) is 6.99. The Morgan fingerprint density at radius 2 is 2.00 bits per heavy atom. The van der Waals surface area contributed by atoms with Crippen molar-refractivity contribution in [3.8, 4) is 0 Å². The normalized spacial score (nSPS) is 24.3.